The number of ether oxygens (including phenoxy) is 3. The average Bonchev–Trinajstić information content (AvgIpc) is 3.45. The number of hydrogen-bond acceptors (Lipinski definition) is 10. The van der Waals surface area contributed by atoms with Crippen molar-refractivity contribution in [2.75, 3.05) is 21.3 Å². The minimum atomic E-state index is 0.335. The molecule has 10 heteroatoms. The van der Waals surface area contributed by atoms with Gasteiger partial charge in [0.2, 0.25) is 23.4 Å². The summed E-state index contributed by atoms with van der Waals surface area (Å²) in [6.07, 6.45) is 0. The number of thioether (sulfide) groups is 1. The maximum atomic E-state index is 5.80. The van der Waals surface area contributed by atoms with Gasteiger partial charge in [0.15, 0.2) is 11.5 Å². The van der Waals surface area contributed by atoms with Gasteiger partial charge in [0, 0.05) is 11.1 Å². The minimum Gasteiger partial charge on any atom is -0.493 e. The van der Waals surface area contributed by atoms with E-state index in [9.17, 15) is 0 Å². The number of aryl methyl sites for hydroxylation is 2. The van der Waals surface area contributed by atoms with Crippen LogP contribution < -0.4 is 14.2 Å². The highest BCUT2D eigenvalue weighted by Gasteiger charge is 2.18. The lowest BCUT2D eigenvalue weighted by atomic mass is 10.1. The first kappa shape index (κ1) is 21.7. The summed E-state index contributed by atoms with van der Waals surface area (Å²) >= 11 is 1.32. The van der Waals surface area contributed by atoms with Crippen LogP contribution in [0.2, 0.25) is 0 Å². The summed E-state index contributed by atoms with van der Waals surface area (Å²) < 4.78 is 27.7. The lowest BCUT2D eigenvalue weighted by molar-refractivity contribution is 0.324. The molecule has 4 rings (SSSR count). The third-order valence-electron chi connectivity index (χ3n) is 4.57. The second-order valence-corrected chi connectivity index (χ2v) is 7.88. The molecule has 0 N–H and O–H groups in total. The van der Waals surface area contributed by atoms with Gasteiger partial charge in [-0.1, -0.05) is 29.0 Å². The fourth-order valence-corrected chi connectivity index (χ4v) is 3.84. The normalized spacial score (nSPS) is 10.9. The molecule has 0 amide bonds. The Kier molecular flexibility index (Phi) is 6.31. The zero-order valence-electron chi connectivity index (χ0n) is 18.3. The van der Waals surface area contributed by atoms with E-state index in [0.717, 1.165) is 16.7 Å². The molecule has 0 aliphatic heterocycles. The van der Waals surface area contributed by atoms with Crippen molar-refractivity contribution < 1.29 is 23.0 Å². The summed E-state index contributed by atoms with van der Waals surface area (Å²) in [6.45, 7) is 4.06. The SMILES string of the molecule is COc1cc(-c2nnc(CSc3nnc(-c4cc(C)cc(C)c4)o3)o2)cc(OC)c1OC. The highest BCUT2D eigenvalue weighted by molar-refractivity contribution is 7.98. The Labute approximate surface area is 189 Å². The quantitative estimate of drug-likeness (QED) is 0.347. The van der Waals surface area contributed by atoms with E-state index in [-0.39, 0.29) is 0 Å². The van der Waals surface area contributed by atoms with E-state index in [2.05, 4.69) is 26.5 Å². The van der Waals surface area contributed by atoms with Gasteiger partial charge >= 0.3 is 0 Å². The summed E-state index contributed by atoms with van der Waals surface area (Å²) in [7, 11) is 4.65. The van der Waals surface area contributed by atoms with Gasteiger partial charge in [0.1, 0.15) is 0 Å². The van der Waals surface area contributed by atoms with Crippen LogP contribution in [0.4, 0.5) is 0 Å². The molecule has 32 heavy (non-hydrogen) atoms. The van der Waals surface area contributed by atoms with Crippen molar-refractivity contribution >= 4 is 11.8 Å². The van der Waals surface area contributed by atoms with Crippen LogP contribution in [0.25, 0.3) is 22.9 Å². The third kappa shape index (κ3) is 4.54. The molecule has 0 atom stereocenters. The van der Waals surface area contributed by atoms with Gasteiger partial charge < -0.3 is 23.0 Å². The predicted molar refractivity (Wildman–Crippen MR) is 118 cm³/mol. The number of methoxy groups -OCH3 is 3. The maximum absolute atomic E-state index is 5.80. The zero-order chi connectivity index (χ0) is 22.7. The van der Waals surface area contributed by atoms with Crippen LogP contribution in [-0.2, 0) is 5.75 Å². The van der Waals surface area contributed by atoms with Gasteiger partial charge in [-0.15, -0.1) is 20.4 Å². The minimum absolute atomic E-state index is 0.335. The molecule has 2 aromatic heterocycles. The van der Waals surface area contributed by atoms with Crippen molar-refractivity contribution in [3.8, 4) is 40.2 Å². The van der Waals surface area contributed by atoms with Crippen molar-refractivity contribution in [1.82, 2.24) is 20.4 Å². The smallest absolute Gasteiger partial charge is 0.277 e. The van der Waals surface area contributed by atoms with Crippen molar-refractivity contribution in [2.45, 2.75) is 24.8 Å². The monoisotopic (exact) mass is 454 g/mol. The van der Waals surface area contributed by atoms with Gasteiger partial charge in [-0.3, -0.25) is 0 Å². The van der Waals surface area contributed by atoms with E-state index in [1.165, 1.54) is 11.8 Å². The molecule has 0 aliphatic carbocycles. The molecule has 0 spiro atoms. The lowest BCUT2D eigenvalue weighted by Crippen LogP contribution is -1.95. The zero-order valence-corrected chi connectivity index (χ0v) is 19.1. The Bertz CT molecular complexity index is 1190. The van der Waals surface area contributed by atoms with Gasteiger partial charge in [0.25, 0.3) is 5.22 Å². The Morgan fingerprint density at radius 3 is 1.94 bits per heavy atom. The molecule has 0 saturated carbocycles. The molecule has 0 saturated heterocycles. The molecule has 166 valence electrons. The van der Waals surface area contributed by atoms with E-state index in [4.69, 9.17) is 23.0 Å². The first-order chi connectivity index (χ1) is 15.5. The average molecular weight is 455 g/mol. The van der Waals surface area contributed by atoms with E-state index in [0.29, 0.717) is 51.5 Å². The molecule has 2 aromatic carbocycles. The fourth-order valence-electron chi connectivity index (χ4n) is 3.24. The Morgan fingerprint density at radius 2 is 1.31 bits per heavy atom. The lowest BCUT2D eigenvalue weighted by Gasteiger charge is -2.12. The van der Waals surface area contributed by atoms with Crippen molar-refractivity contribution in [3.63, 3.8) is 0 Å². The van der Waals surface area contributed by atoms with Crippen molar-refractivity contribution in [1.29, 1.82) is 0 Å². The molecular formula is C22H22N4O5S. The second kappa shape index (κ2) is 9.31. The summed E-state index contributed by atoms with van der Waals surface area (Å²) in [4.78, 5) is 0. The van der Waals surface area contributed by atoms with Crippen LogP contribution in [0.15, 0.2) is 44.4 Å². The largest absolute Gasteiger partial charge is 0.493 e. The summed E-state index contributed by atoms with van der Waals surface area (Å²) in [5, 5.41) is 16.9. The topological polar surface area (TPSA) is 106 Å². The van der Waals surface area contributed by atoms with Crippen LogP contribution in [0.5, 0.6) is 17.2 Å². The third-order valence-corrected chi connectivity index (χ3v) is 5.38. The van der Waals surface area contributed by atoms with E-state index in [1.807, 2.05) is 26.0 Å². The van der Waals surface area contributed by atoms with Gasteiger partial charge in [0.05, 0.1) is 27.1 Å². The molecule has 2 heterocycles. The van der Waals surface area contributed by atoms with Crippen molar-refractivity contribution in [2.24, 2.45) is 0 Å². The van der Waals surface area contributed by atoms with Gasteiger partial charge in [-0.2, -0.15) is 0 Å². The van der Waals surface area contributed by atoms with E-state index >= 15 is 0 Å². The number of aromatic nitrogens is 4. The molecule has 9 nitrogen and oxygen atoms in total. The number of nitrogens with zero attached hydrogens (tertiary/aromatic N) is 4. The molecule has 0 radical (unpaired) electrons. The molecule has 0 unspecified atom stereocenters. The molecule has 0 aliphatic rings. The Balaban J connectivity index is 1.48. The first-order valence-corrected chi connectivity index (χ1v) is 10.7. The Hall–Kier alpha value is -3.53. The summed E-state index contributed by atoms with van der Waals surface area (Å²) in [6, 6.07) is 9.61. The number of hydrogen-bond donors (Lipinski definition) is 0. The van der Waals surface area contributed by atoms with Crippen LogP contribution in [-0.4, -0.2) is 41.7 Å². The number of rotatable bonds is 8. The fraction of sp³-hybridized carbons (Fsp3) is 0.273. The molecular weight excluding hydrogens is 432 g/mol. The van der Waals surface area contributed by atoms with Crippen LogP contribution in [0.1, 0.15) is 17.0 Å². The van der Waals surface area contributed by atoms with Crippen molar-refractivity contribution in [3.05, 3.63) is 47.3 Å². The Morgan fingerprint density at radius 1 is 0.719 bits per heavy atom. The number of benzene rings is 2. The van der Waals surface area contributed by atoms with Crippen LogP contribution in [0, 0.1) is 13.8 Å². The van der Waals surface area contributed by atoms with Crippen LogP contribution >= 0.6 is 11.8 Å². The van der Waals surface area contributed by atoms with E-state index < -0.39 is 0 Å². The standard InChI is InChI=1S/C22H22N4O5S/c1-12-6-13(2)8-14(7-12)21-25-26-22(31-21)32-11-18-23-24-20(30-18)15-9-16(27-3)19(29-5)17(10-15)28-4/h6-10H,11H2,1-5H3. The van der Waals surface area contributed by atoms with Gasteiger partial charge in [-0.05, 0) is 38.1 Å². The van der Waals surface area contributed by atoms with E-state index in [1.54, 1.807) is 33.5 Å². The second-order valence-electron chi connectivity index (χ2n) is 6.95. The van der Waals surface area contributed by atoms with Gasteiger partial charge in [-0.25, -0.2) is 0 Å². The summed E-state index contributed by atoms with van der Waals surface area (Å²) in [5.74, 6) is 3.10. The molecule has 0 bridgehead atoms. The first-order valence-electron chi connectivity index (χ1n) is 9.68. The highest BCUT2D eigenvalue weighted by Crippen LogP contribution is 2.41. The summed E-state index contributed by atoms with van der Waals surface area (Å²) in [5.41, 5.74) is 3.82. The maximum Gasteiger partial charge on any atom is 0.277 e. The molecule has 4 aromatic rings. The van der Waals surface area contributed by atoms with Crippen LogP contribution in [0.3, 0.4) is 0 Å². The molecule has 0 fully saturated rings. The predicted octanol–water partition coefficient (Wildman–Crippen LogP) is 4.72. The highest BCUT2D eigenvalue weighted by atomic mass is 32.2.